The van der Waals surface area contributed by atoms with Crippen LogP contribution in [0.4, 0.5) is 0 Å². The van der Waals surface area contributed by atoms with Gasteiger partial charge >= 0.3 is 0 Å². The molecular weight excluding hydrogens is 280 g/mol. The Morgan fingerprint density at radius 3 is 2.62 bits per heavy atom. The molecule has 21 heavy (non-hydrogen) atoms. The summed E-state index contributed by atoms with van der Waals surface area (Å²) < 4.78 is 5.21. The van der Waals surface area contributed by atoms with Crippen molar-refractivity contribution in [3.8, 4) is 5.75 Å². The second-order valence-corrected chi connectivity index (χ2v) is 6.14. The number of rotatable bonds is 3. The number of ether oxygens (including phenoxy) is 1. The van der Waals surface area contributed by atoms with Gasteiger partial charge in [-0.1, -0.05) is 47.7 Å². The van der Waals surface area contributed by atoms with Gasteiger partial charge in [0.1, 0.15) is 5.75 Å². The summed E-state index contributed by atoms with van der Waals surface area (Å²) in [5, 5.41) is 0. The maximum Gasteiger partial charge on any atom is 0.200 e. The molecule has 0 fully saturated rings. The number of carbonyl (C=O) groups is 1. The second-order valence-electron chi connectivity index (χ2n) is 5.05. The van der Waals surface area contributed by atoms with E-state index in [0.29, 0.717) is 0 Å². The first-order valence-electron chi connectivity index (χ1n) is 6.83. The number of allylic oxidation sites excluding steroid dienone is 2. The van der Waals surface area contributed by atoms with Gasteiger partial charge in [0.05, 0.1) is 12.0 Å². The quantitative estimate of drug-likeness (QED) is 0.784. The molecule has 0 aliphatic carbocycles. The van der Waals surface area contributed by atoms with E-state index in [1.54, 1.807) is 7.11 Å². The summed E-state index contributed by atoms with van der Waals surface area (Å²) in [5.74, 6) is 0.901. The third-order valence-corrected chi connectivity index (χ3v) is 4.65. The van der Waals surface area contributed by atoms with E-state index in [9.17, 15) is 4.79 Å². The van der Waals surface area contributed by atoms with Crippen LogP contribution in [0.3, 0.4) is 0 Å². The molecule has 3 heteroatoms. The zero-order valence-corrected chi connectivity index (χ0v) is 12.9. The predicted molar refractivity (Wildman–Crippen MR) is 86.1 cm³/mol. The molecule has 2 aromatic rings. The lowest BCUT2D eigenvalue weighted by Gasteiger charge is -2.00. The predicted octanol–water partition coefficient (Wildman–Crippen LogP) is 4.42. The van der Waals surface area contributed by atoms with Crippen LogP contribution in [0.2, 0.25) is 0 Å². The van der Waals surface area contributed by atoms with Crippen molar-refractivity contribution >= 4 is 17.5 Å². The van der Waals surface area contributed by atoms with Crippen molar-refractivity contribution in [3.63, 3.8) is 0 Å². The highest BCUT2D eigenvalue weighted by molar-refractivity contribution is 8.04. The Balaban J connectivity index is 1.80. The third-order valence-electron chi connectivity index (χ3n) is 3.52. The van der Waals surface area contributed by atoms with Gasteiger partial charge in [-0.25, -0.2) is 0 Å². The van der Waals surface area contributed by atoms with Crippen LogP contribution in [0.15, 0.2) is 58.3 Å². The SMILES string of the molecule is COc1ccc2c(c1)S/C(=C\Cc1ccc(C)cc1)C2=O. The van der Waals surface area contributed by atoms with Crippen LogP contribution in [-0.4, -0.2) is 12.9 Å². The summed E-state index contributed by atoms with van der Waals surface area (Å²) in [7, 11) is 1.64. The molecule has 0 radical (unpaired) electrons. The largest absolute Gasteiger partial charge is 0.497 e. The van der Waals surface area contributed by atoms with E-state index in [2.05, 4.69) is 31.2 Å². The molecule has 1 aliphatic heterocycles. The van der Waals surface area contributed by atoms with E-state index in [1.807, 2.05) is 24.3 Å². The fraction of sp³-hybridized carbons (Fsp3) is 0.167. The van der Waals surface area contributed by atoms with Crippen molar-refractivity contribution in [2.24, 2.45) is 0 Å². The second kappa shape index (κ2) is 5.78. The molecule has 0 saturated carbocycles. The number of thioether (sulfide) groups is 1. The summed E-state index contributed by atoms with van der Waals surface area (Å²) in [6.45, 7) is 2.07. The summed E-state index contributed by atoms with van der Waals surface area (Å²) in [5.41, 5.74) is 3.24. The van der Waals surface area contributed by atoms with E-state index in [4.69, 9.17) is 4.74 Å². The van der Waals surface area contributed by atoms with Gasteiger partial charge in [-0.15, -0.1) is 0 Å². The number of ketones is 1. The molecule has 106 valence electrons. The van der Waals surface area contributed by atoms with Crippen molar-refractivity contribution in [3.05, 3.63) is 70.1 Å². The molecule has 2 aromatic carbocycles. The van der Waals surface area contributed by atoms with Crippen LogP contribution in [0.5, 0.6) is 5.75 Å². The number of methoxy groups -OCH3 is 1. The Kier molecular flexibility index (Phi) is 3.84. The van der Waals surface area contributed by atoms with Crippen molar-refractivity contribution in [1.29, 1.82) is 0 Å². The highest BCUT2D eigenvalue weighted by Crippen LogP contribution is 2.41. The fourth-order valence-corrected chi connectivity index (χ4v) is 3.32. The summed E-state index contributed by atoms with van der Waals surface area (Å²) in [6, 6.07) is 14.0. The third kappa shape index (κ3) is 2.88. The molecular formula is C18H16O2S. The van der Waals surface area contributed by atoms with E-state index in [-0.39, 0.29) is 5.78 Å². The number of fused-ring (bicyclic) bond motifs is 1. The summed E-state index contributed by atoms with van der Waals surface area (Å²) in [6.07, 6.45) is 2.80. The Morgan fingerprint density at radius 2 is 1.90 bits per heavy atom. The molecule has 0 saturated heterocycles. The van der Waals surface area contributed by atoms with E-state index in [1.165, 1.54) is 22.9 Å². The standard InChI is InChI=1S/C18H16O2S/c1-12-3-5-13(6-4-12)7-10-16-18(19)15-9-8-14(20-2)11-17(15)21-16/h3-6,8-11H,7H2,1-2H3/b16-10-. The molecule has 0 spiro atoms. The van der Waals surface area contributed by atoms with Crippen LogP contribution in [0.25, 0.3) is 0 Å². The minimum Gasteiger partial charge on any atom is -0.497 e. The highest BCUT2D eigenvalue weighted by Gasteiger charge is 2.25. The number of hydrogen-bond donors (Lipinski definition) is 0. The monoisotopic (exact) mass is 296 g/mol. The molecule has 0 aromatic heterocycles. The van der Waals surface area contributed by atoms with Crippen molar-refractivity contribution in [2.75, 3.05) is 7.11 Å². The maximum atomic E-state index is 12.3. The average molecular weight is 296 g/mol. The van der Waals surface area contributed by atoms with Crippen LogP contribution >= 0.6 is 11.8 Å². The van der Waals surface area contributed by atoms with Crippen LogP contribution in [0, 0.1) is 6.92 Å². The Morgan fingerprint density at radius 1 is 1.14 bits per heavy atom. The van der Waals surface area contributed by atoms with E-state index >= 15 is 0 Å². The van der Waals surface area contributed by atoms with Crippen LogP contribution in [-0.2, 0) is 6.42 Å². The molecule has 0 atom stereocenters. The number of hydrogen-bond acceptors (Lipinski definition) is 3. The lowest BCUT2D eigenvalue weighted by Crippen LogP contribution is -1.95. The Hall–Kier alpha value is -2.00. The topological polar surface area (TPSA) is 26.3 Å². The first-order chi connectivity index (χ1) is 10.2. The van der Waals surface area contributed by atoms with Crippen molar-refractivity contribution < 1.29 is 9.53 Å². The summed E-state index contributed by atoms with van der Waals surface area (Å²) >= 11 is 1.53. The van der Waals surface area contributed by atoms with E-state index < -0.39 is 0 Å². The van der Waals surface area contributed by atoms with Gasteiger partial charge in [0.25, 0.3) is 0 Å². The number of benzene rings is 2. The first kappa shape index (κ1) is 14.0. The molecule has 3 rings (SSSR count). The average Bonchev–Trinajstić information content (AvgIpc) is 2.82. The van der Waals surface area contributed by atoms with Crippen LogP contribution in [0.1, 0.15) is 21.5 Å². The normalized spacial score (nSPS) is 15.3. The van der Waals surface area contributed by atoms with Crippen molar-refractivity contribution in [2.45, 2.75) is 18.2 Å². The van der Waals surface area contributed by atoms with Crippen molar-refractivity contribution in [1.82, 2.24) is 0 Å². The zero-order chi connectivity index (χ0) is 14.8. The number of aryl methyl sites for hydroxylation is 1. The maximum absolute atomic E-state index is 12.3. The minimum atomic E-state index is 0.116. The molecule has 1 heterocycles. The lowest BCUT2D eigenvalue weighted by molar-refractivity contribution is 0.104. The fourth-order valence-electron chi connectivity index (χ4n) is 2.27. The first-order valence-corrected chi connectivity index (χ1v) is 7.65. The van der Waals surface area contributed by atoms with E-state index in [0.717, 1.165) is 27.5 Å². The molecule has 0 N–H and O–H groups in total. The van der Waals surface area contributed by atoms with Gasteiger partial charge in [0, 0.05) is 10.5 Å². The molecule has 1 aliphatic rings. The minimum absolute atomic E-state index is 0.116. The van der Waals surface area contributed by atoms with Crippen LogP contribution < -0.4 is 4.74 Å². The van der Waals surface area contributed by atoms with Gasteiger partial charge in [-0.2, -0.15) is 0 Å². The van der Waals surface area contributed by atoms with Gasteiger partial charge < -0.3 is 4.74 Å². The van der Waals surface area contributed by atoms with Gasteiger partial charge in [0.2, 0.25) is 5.78 Å². The van der Waals surface area contributed by atoms with Gasteiger partial charge in [0.15, 0.2) is 0 Å². The lowest BCUT2D eigenvalue weighted by atomic mass is 10.1. The highest BCUT2D eigenvalue weighted by atomic mass is 32.2. The molecule has 0 bridgehead atoms. The Labute approximate surface area is 128 Å². The van der Waals surface area contributed by atoms with Gasteiger partial charge in [-0.3, -0.25) is 4.79 Å². The number of Topliss-reactive ketones (excluding diaryl/α,β-unsaturated/α-hetero) is 1. The zero-order valence-electron chi connectivity index (χ0n) is 12.1. The molecule has 0 amide bonds. The van der Waals surface area contributed by atoms with Gasteiger partial charge in [-0.05, 0) is 37.1 Å². The smallest absolute Gasteiger partial charge is 0.200 e. The summed E-state index contributed by atoms with van der Waals surface area (Å²) in [4.78, 5) is 14.1. The molecule has 2 nitrogen and oxygen atoms in total. The number of carbonyl (C=O) groups excluding carboxylic acids is 1. The molecule has 0 unspecified atom stereocenters. The Bertz CT molecular complexity index is 714.